The average molecular weight is 292 g/mol. The van der Waals surface area contributed by atoms with Gasteiger partial charge in [0.05, 0.1) is 4.92 Å². The highest BCUT2D eigenvalue weighted by atomic mass is 16.6. The van der Waals surface area contributed by atoms with Gasteiger partial charge in [-0.25, -0.2) is 4.79 Å². The van der Waals surface area contributed by atoms with E-state index in [2.05, 4.69) is 5.32 Å². The molecule has 114 valence electrons. The summed E-state index contributed by atoms with van der Waals surface area (Å²) in [7, 11) is 0. The zero-order valence-electron chi connectivity index (χ0n) is 12.0. The Labute approximate surface area is 123 Å². The van der Waals surface area contributed by atoms with Gasteiger partial charge in [0.25, 0.3) is 5.69 Å². The third-order valence-corrected chi connectivity index (χ3v) is 3.84. The van der Waals surface area contributed by atoms with Crippen LogP contribution in [0.1, 0.15) is 26.2 Å². The van der Waals surface area contributed by atoms with Gasteiger partial charge in [-0.05, 0) is 32.3 Å². The third-order valence-electron chi connectivity index (χ3n) is 3.84. The Morgan fingerprint density at radius 2 is 2.29 bits per heavy atom. The standard InChI is InChI=1S/C14H20N4O3/c1-10-4-2-7-13(9-15)17(10)14(19)16-11-5-3-6-12(8-11)18(20)21/h3,5-6,8,10,13H,2,4,7,9,15H2,1H3,(H,16,19). The number of carbonyl (C=O) groups excluding carboxylic acids is 1. The van der Waals surface area contributed by atoms with E-state index >= 15 is 0 Å². The van der Waals surface area contributed by atoms with E-state index in [-0.39, 0.29) is 23.8 Å². The van der Waals surface area contributed by atoms with Gasteiger partial charge in [0, 0.05) is 36.4 Å². The topological polar surface area (TPSA) is 102 Å². The molecule has 0 saturated carbocycles. The van der Waals surface area contributed by atoms with E-state index in [1.807, 2.05) is 6.92 Å². The van der Waals surface area contributed by atoms with E-state index < -0.39 is 4.92 Å². The lowest BCUT2D eigenvalue weighted by atomic mass is 9.97. The van der Waals surface area contributed by atoms with Crippen LogP contribution in [-0.4, -0.2) is 34.5 Å². The molecule has 21 heavy (non-hydrogen) atoms. The second-order valence-electron chi connectivity index (χ2n) is 5.31. The summed E-state index contributed by atoms with van der Waals surface area (Å²) in [5, 5.41) is 13.5. The van der Waals surface area contributed by atoms with Crippen LogP contribution in [0.5, 0.6) is 0 Å². The molecule has 0 aromatic heterocycles. The van der Waals surface area contributed by atoms with Gasteiger partial charge in [-0.2, -0.15) is 0 Å². The van der Waals surface area contributed by atoms with Gasteiger partial charge in [-0.15, -0.1) is 0 Å². The molecule has 2 atom stereocenters. The molecule has 1 aromatic carbocycles. The van der Waals surface area contributed by atoms with Crippen molar-refractivity contribution in [3.05, 3.63) is 34.4 Å². The number of non-ortho nitro benzene ring substituents is 1. The number of nitrogens with two attached hydrogens (primary N) is 1. The number of likely N-dealkylation sites (tertiary alicyclic amines) is 1. The Balaban J connectivity index is 2.12. The molecule has 1 aliphatic heterocycles. The van der Waals surface area contributed by atoms with Gasteiger partial charge in [-0.1, -0.05) is 6.07 Å². The summed E-state index contributed by atoms with van der Waals surface area (Å²) in [6.45, 7) is 2.42. The Morgan fingerprint density at radius 1 is 1.52 bits per heavy atom. The van der Waals surface area contributed by atoms with E-state index in [9.17, 15) is 14.9 Å². The monoisotopic (exact) mass is 292 g/mol. The van der Waals surface area contributed by atoms with E-state index in [4.69, 9.17) is 5.73 Å². The second kappa shape index (κ2) is 6.53. The van der Waals surface area contributed by atoms with E-state index in [1.165, 1.54) is 12.1 Å². The summed E-state index contributed by atoms with van der Waals surface area (Å²) in [6, 6.07) is 5.81. The lowest BCUT2D eigenvalue weighted by molar-refractivity contribution is -0.384. The molecular weight excluding hydrogens is 272 g/mol. The number of nitro groups is 1. The maximum absolute atomic E-state index is 12.4. The van der Waals surface area contributed by atoms with Crippen molar-refractivity contribution >= 4 is 17.4 Å². The molecular formula is C14H20N4O3. The number of nitro benzene ring substituents is 1. The SMILES string of the molecule is CC1CCCC(CN)N1C(=O)Nc1cccc([N+](=O)[O-])c1. The highest BCUT2D eigenvalue weighted by Crippen LogP contribution is 2.24. The molecule has 1 fully saturated rings. The first-order valence-corrected chi connectivity index (χ1v) is 7.06. The molecule has 7 heteroatoms. The maximum Gasteiger partial charge on any atom is 0.322 e. The van der Waals surface area contributed by atoms with Crippen molar-refractivity contribution in [2.75, 3.05) is 11.9 Å². The van der Waals surface area contributed by atoms with Crippen LogP contribution in [0.3, 0.4) is 0 Å². The molecule has 0 radical (unpaired) electrons. The van der Waals surface area contributed by atoms with Crippen molar-refractivity contribution in [3.63, 3.8) is 0 Å². The highest BCUT2D eigenvalue weighted by molar-refractivity contribution is 5.90. The van der Waals surface area contributed by atoms with Gasteiger partial charge in [0.2, 0.25) is 0 Å². The number of urea groups is 1. The predicted molar refractivity (Wildman–Crippen MR) is 80.1 cm³/mol. The van der Waals surface area contributed by atoms with Crippen LogP contribution in [0.4, 0.5) is 16.2 Å². The molecule has 2 amide bonds. The quantitative estimate of drug-likeness (QED) is 0.659. The van der Waals surface area contributed by atoms with E-state index in [0.717, 1.165) is 19.3 Å². The van der Waals surface area contributed by atoms with Gasteiger partial charge < -0.3 is 16.0 Å². The summed E-state index contributed by atoms with van der Waals surface area (Å²) in [5.41, 5.74) is 6.11. The molecule has 0 aliphatic carbocycles. The van der Waals surface area contributed by atoms with Crippen LogP contribution in [0, 0.1) is 10.1 Å². The second-order valence-corrected chi connectivity index (χ2v) is 5.31. The number of hydrogen-bond acceptors (Lipinski definition) is 4. The number of hydrogen-bond donors (Lipinski definition) is 2. The van der Waals surface area contributed by atoms with Crippen LogP contribution < -0.4 is 11.1 Å². The third kappa shape index (κ3) is 3.49. The fourth-order valence-electron chi connectivity index (χ4n) is 2.77. The summed E-state index contributed by atoms with van der Waals surface area (Å²) in [6.07, 6.45) is 2.89. The largest absolute Gasteiger partial charge is 0.328 e. The molecule has 1 aromatic rings. The number of piperidine rings is 1. The molecule has 3 N–H and O–H groups in total. The lowest BCUT2D eigenvalue weighted by Gasteiger charge is -2.40. The number of rotatable bonds is 3. The molecule has 1 aliphatic rings. The number of nitrogens with one attached hydrogen (secondary N) is 1. The fraction of sp³-hybridized carbons (Fsp3) is 0.500. The van der Waals surface area contributed by atoms with Gasteiger partial charge in [-0.3, -0.25) is 10.1 Å². The van der Waals surface area contributed by atoms with Crippen molar-refractivity contribution in [3.8, 4) is 0 Å². The molecule has 2 unspecified atom stereocenters. The number of anilines is 1. The normalized spacial score (nSPS) is 21.9. The zero-order chi connectivity index (χ0) is 15.4. The molecule has 1 heterocycles. The van der Waals surface area contributed by atoms with Crippen molar-refractivity contribution in [2.45, 2.75) is 38.3 Å². The van der Waals surface area contributed by atoms with E-state index in [1.54, 1.807) is 17.0 Å². The van der Waals surface area contributed by atoms with E-state index in [0.29, 0.717) is 12.2 Å². The Bertz CT molecular complexity index is 535. The number of benzene rings is 1. The predicted octanol–water partition coefficient (Wildman–Crippen LogP) is 2.33. The van der Waals surface area contributed by atoms with Gasteiger partial charge in [0.15, 0.2) is 0 Å². The van der Waals surface area contributed by atoms with Crippen molar-refractivity contribution in [1.29, 1.82) is 0 Å². The van der Waals surface area contributed by atoms with Crippen LogP contribution in [0.15, 0.2) is 24.3 Å². The van der Waals surface area contributed by atoms with Gasteiger partial charge >= 0.3 is 6.03 Å². The first kappa shape index (κ1) is 15.2. The Morgan fingerprint density at radius 3 is 2.95 bits per heavy atom. The Hall–Kier alpha value is -2.15. The van der Waals surface area contributed by atoms with Crippen LogP contribution >= 0.6 is 0 Å². The number of nitrogens with zero attached hydrogens (tertiary/aromatic N) is 2. The summed E-state index contributed by atoms with van der Waals surface area (Å²) in [4.78, 5) is 24.4. The van der Waals surface area contributed by atoms with Crippen molar-refractivity contribution < 1.29 is 9.72 Å². The fourth-order valence-corrected chi connectivity index (χ4v) is 2.77. The summed E-state index contributed by atoms with van der Waals surface area (Å²) >= 11 is 0. The number of amides is 2. The smallest absolute Gasteiger partial charge is 0.322 e. The zero-order valence-corrected chi connectivity index (χ0v) is 12.0. The van der Waals surface area contributed by atoms with Crippen LogP contribution in [0.25, 0.3) is 0 Å². The maximum atomic E-state index is 12.4. The minimum atomic E-state index is -0.484. The first-order valence-electron chi connectivity index (χ1n) is 7.06. The van der Waals surface area contributed by atoms with Crippen molar-refractivity contribution in [2.24, 2.45) is 5.73 Å². The van der Waals surface area contributed by atoms with Crippen molar-refractivity contribution in [1.82, 2.24) is 4.90 Å². The highest BCUT2D eigenvalue weighted by Gasteiger charge is 2.31. The minimum absolute atomic E-state index is 0.0208. The van der Waals surface area contributed by atoms with Gasteiger partial charge in [0.1, 0.15) is 0 Å². The minimum Gasteiger partial charge on any atom is -0.328 e. The first-order chi connectivity index (χ1) is 10.0. The van der Waals surface area contributed by atoms with Crippen LogP contribution in [-0.2, 0) is 0 Å². The molecule has 2 rings (SSSR count). The Kier molecular flexibility index (Phi) is 4.74. The summed E-state index contributed by atoms with van der Waals surface area (Å²) < 4.78 is 0. The van der Waals surface area contributed by atoms with Crippen LogP contribution in [0.2, 0.25) is 0 Å². The average Bonchev–Trinajstić information content (AvgIpc) is 2.46. The number of carbonyl (C=O) groups is 1. The molecule has 7 nitrogen and oxygen atoms in total. The molecule has 1 saturated heterocycles. The molecule has 0 spiro atoms. The molecule has 0 bridgehead atoms. The lowest BCUT2D eigenvalue weighted by Crippen LogP contribution is -2.53. The summed E-state index contributed by atoms with van der Waals surface area (Å²) in [5.74, 6) is 0.